The average Bonchev–Trinajstić information content (AvgIpc) is 2.70. The summed E-state index contributed by atoms with van der Waals surface area (Å²) in [6.07, 6.45) is 0.208. The Hall–Kier alpha value is -3.22. The van der Waals surface area contributed by atoms with E-state index < -0.39 is 17.9 Å². The van der Waals surface area contributed by atoms with Crippen LogP contribution in [0.3, 0.4) is 0 Å². The SMILES string of the molecule is COc1cc(C(=O)N(C)C(Cc2ccccc2)C(=O)O)cc2c1OCCO2. The molecule has 7 heteroatoms. The maximum atomic E-state index is 12.9. The molecule has 1 heterocycles. The molecule has 1 amide bonds. The van der Waals surface area contributed by atoms with Gasteiger partial charge in [-0.3, -0.25) is 4.79 Å². The lowest BCUT2D eigenvalue weighted by atomic mass is 10.0. The molecule has 1 N–H and O–H groups in total. The van der Waals surface area contributed by atoms with Crippen molar-refractivity contribution < 1.29 is 28.9 Å². The number of carbonyl (C=O) groups excluding carboxylic acids is 1. The number of hydrogen-bond acceptors (Lipinski definition) is 5. The molecular formula is C20H21NO6. The third-order valence-electron chi connectivity index (χ3n) is 4.42. The lowest BCUT2D eigenvalue weighted by molar-refractivity contribution is -0.141. The Labute approximate surface area is 157 Å². The molecule has 27 heavy (non-hydrogen) atoms. The molecule has 1 unspecified atom stereocenters. The smallest absolute Gasteiger partial charge is 0.326 e. The van der Waals surface area contributed by atoms with Crippen LogP contribution < -0.4 is 14.2 Å². The number of rotatable bonds is 6. The van der Waals surface area contributed by atoms with E-state index in [1.165, 1.54) is 25.1 Å². The van der Waals surface area contributed by atoms with E-state index in [4.69, 9.17) is 14.2 Å². The summed E-state index contributed by atoms with van der Waals surface area (Å²) in [5.74, 6) is -0.277. The third kappa shape index (κ3) is 3.97. The number of carboxylic acid groups (broad SMARTS) is 1. The summed E-state index contributed by atoms with van der Waals surface area (Å²) in [5, 5.41) is 9.63. The van der Waals surface area contributed by atoms with Crippen molar-refractivity contribution in [1.29, 1.82) is 0 Å². The number of carbonyl (C=O) groups is 2. The minimum Gasteiger partial charge on any atom is -0.493 e. The van der Waals surface area contributed by atoms with Crippen LogP contribution in [-0.2, 0) is 11.2 Å². The second-order valence-corrected chi connectivity index (χ2v) is 6.16. The fourth-order valence-electron chi connectivity index (χ4n) is 2.97. The largest absolute Gasteiger partial charge is 0.493 e. The summed E-state index contributed by atoms with van der Waals surface area (Å²) in [7, 11) is 2.95. The first-order chi connectivity index (χ1) is 13.0. The number of carboxylic acids is 1. The van der Waals surface area contributed by atoms with E-state index in [0.717, 1.165) is 5.56 Å². The number of likely N-dealkylation sites (N-methyl/N-ethyl adjacent to an activating group) is 1. The molecular weight excluding hydrogens is 350 g/mol. The van der Waals surface area contributed by atoms with Crippen LogP contribution in [0.1, 0.15) is 15.9 Å². The number of benzene rings is 2. The molecule has 2 aromatic carbocycles. The lowest BCUT2D eigenvalue weighted by Crippen LogP contribution is -2.43. The van der Waals surface area contributed by atoms with E-state index in [2.05, 4.69) is 0 Å². The van der Waals surface area contributed by atoms with Crippen LogP contribution in [0.2, 0.25) is 0 Å². The van der Waals surface area contributed by atoms with Crippen molar-refractivity contribution in [1.82, 2.24) is 4.90 Å². The molecule has 1 aliphatic heterocycles. The molecule has 0 spiro atoms. The number of nitrogens with zero attached hydrogens (tertiary/aromatic N) is 1. The van der Waals surface area contributed by atoms with Gasteiger partial charge in [-0.25, -0.2) is 4.79 Å². The predicted molar refractivity (Wildman–Crippen MR) is 97.6 cm³/mol. The highest BCUT2D eigenvalue weighted by molar-refractivity contribution is 5.97. The van der Waals surface area contributed by atoms with Gasteiger partial charge in [-0.05, 0) is 17.7 Å². The molecule has 0 saturated heterocycles. The molecule has 0 radical (unpaired) electrons. The van der Waals surface area contributed by atoms with Gasteiger partial charge in [-0.15, -0.1) is 0 Å². The summed E-state index contributed by atoms with van der Waals surface area (Å²) in [6, 6.07) is 11.3. The second-order valence-electron chi connectivity index (χ2n) is 6.16. The molecule has 3 rings (SSSR count). The molecule has 142 valence electrons. The standard InChI is InChI=1S/C20H21NO6/c1-21(15(20(23)24)10-13-6-4-3-5-7-13)19(22)14-11-16(25-2)18-17(12-14)26-8-9-27-18/h3-7,11-12,15H,8-10H2,1-2H3,(H,23,24). The van der Waals surface area contributed by atoms with E-state index in [1.807, 2.05) is 30.3 Å². The number of ether oxygens (including phenoxy) is 3. The molecule has 7 nitrogen and oxygen atoms in total. The van der Waals surface area contributed by atoms with Gasteiger partial charge >= 0.3 is 5.97 Å². The monoisotopic (exact) mass is 371 g/mol. The topological polar surface area (TPSA) is 85.3 Å². The van der Waals surface area contributed by atoms with E-state index in [-0.39, 0.29) is 12.0 Å². The van der Waals surface area contributed by atoms with Gasteiger partial charge in [-0.2, -0.15) is 0 Å². The van der Waals surface area contributed by atoms with E-state index in [1.54, 1.807) is 6.07 Å². The molecule has 1 atom stereocenters. The van der Waals surface area contributed by atoms with Crippen LogP contribution in [0.5, 0.6) is 17.2 Å². The summed E-state index contributed by atoms with van der Waals surface area (Å²) >= 11 is 0. The van der Waals surface area contributed by atoms with Gasteiger partial charge in [-0.1, -0.05) is 30.3 Å². The van der Waals surface area contributed by atoms with Gasteiger partial charge in [0.15, 0.2) is 11.5 Å². The van der Waals surface area contributed by atoms with Crippen molar-refractivity contribution in [2.75, 3.05) is 27.4 Å². The summed E-state index contributed by atoms with van der Waals surface area (Å²) < 4.78 is 16.4. The highest BCUT2D eigenvalue weighted by Crippen LogP contribution is 2.40. The van der Waals surface area contributed by atoms with Gasteiger partial charge in [0.25, 0.3) is 5.91 Å². The van der Waals surface area contributed by atoms with Crippen LogP contribution in [0.25, 0.3) is 0 Å². The van der Waals surface area contributed by atoms with Crippen molar-refractivity contribution in [3.8, 4) is 17.2 Å². The zero-order valence-electron chi connectivity index (χ0n) is 15.2. The molecule has 1 aliphatic rings. The van der Waals surface area contributed by atoms with Crippen molar-refractivity contribution in [3.63, 3.8) is 0 Å². The summed E-state index contributed by atoms with van der Waals surface area (Å²) in [4.78, 5) is 25.9. The molecule has 0 aliphatic carbocycles. The Morgan fingerprint density at radius 1 is 1.19 bits per heavy atom. The van der Waals surface area contributed by atoms with Crippen LogP contribution in [0.4, 0.5) is 0 Å². The van der Waals surface area contributed by atoms with Crippen LogP contribution >= 0.6 is 0 Å². The zero-order chi connectivity index (χ0) is 19.4. The van der Waals surface area contributed by atoms with Crippen LogP contribution in [-0.4, -0.2) is 55.3 Å². The average molecular weight is 371 g/mol. The number of methoxy groups -OCH3 is 1. The fraction of sp³-hybridized carbons (Fsp3) is 0.300. The number of fused-ring (bicyclic) bond motifs is 1. The van der Waals surface area contributed by atoms with Gasteiger partial charge in [0.2, 0.25) is 5.75 Å². The van der Waals surface area contributed by atoms with E-state index in [0.29, 0.717) is 30.5 Å². The Morgan fingerprint density at radius 3 is 2.56 bits per heavy atom. The van der Waals surface area contributed by atoms with E-state index in [9.17, 15) is 14.7 Å². The third-order valence-corrected chi connectivity index (χ3v) is 4.42. The molecule has 0 bridgehead atoms. The molecule has 0 saturated carbocycles. The first-order valence-corrected chi connectivity index (χ1v) is 8.52. The maximum absolute atomic E-state index is 12.9. The quantitative estimate of drug-likeness (QED) is 0.838. The molecule has 0 aromatic heterocycles. The van der Waals surface area contributed by atoms with Gasteiger partial charge in [0.1, 0.15) is 19.3 Å². The first kappa shape index (κ1) is 18.6. The van der Waals surface area contributed by atoms with Crippen molar-refractivity contribution in [3.05, 3.63) is 53.6 Å². The number of aliphatic carboxylic acids is 1. The van der Waals surface area contributed by atoms with Gasteiger partial charge < -0.3 is 24.2 Å². The first-order valence-electron chi connectivity index (χ1n) is 8.52. The summed E-state index contributed by atoms with van der Waals surface area (Å²) in [6.45, 7) is 0.768. The highest BCUT2D eigenvalue weighted by Gasteiger charge is 2.29. The number of hydrogen-bond donors (Lipinski definition) is 1. The van der Waals surface area contributed by atoms with Crippen molar-refractivity contribution in [2.45, 2.75) is 12.5 Å². The van der Waals surface area contributed by atoms with E-state index >= 15 is 0 Å². The Bertz CT molecular complexity index is 819. The molecule has 2 aromatic rings. The molecule has 0 fully saturated rings. The second kappa shape index (κ2) is 7.99. The Kier molecular flexibility index (Phi) is 5.49. The van der Waals surface area contributed by atoms with Crippen molar-refractivity contribution in [2.24, 2.45) is 0 Å². The van der Waals surface area contributed by atoms with Gasteiger partial charge in [0, 0.05) is 19.0 Å². The lowest BCUT2D eigenvalue weighted by Gasteiger charge is -2.26. The normalized spacial score (nSPS) is 13.6. The fourth-order valence-corrected chi connectivity index (χ4v) is 2.97. The van der Waals surface area contributed by atoms with Gasteiger partial charge in [0.05, 0.1) is 7.11 Å². The minimum absolute atomic E-state index is 0.208. The maximum Gasteiger partial charge on any atom is 0.326 e. The van der Waals surface area contributed by atoms with Crippen LogP contribution in [0, 0.1) is 0 Å². The predicted octanol–water partition coefficient (Wildman–Crippen LogP) is 2.23. The zero-order valence-corrected chi connectivity index (χ0v) is 15.2. The summed E-state index contributed by atoms with van der Waals surface area (Å²) in [5.41, 5.74) is 1.11. The Morgan fingerprint density at radius 2 is 1.89 bits per heavy atom. The minimum atomic E-state index is -1.07. The van der Waals surface area contributed by atoms with Crippen molar-refractivity contribution >= 4 is 11.9 Å². The highest BCUT2D eigenvalue weighted by atomic mass is 16.6. The Balaban J connectivity index is 1.88. The number of amides is 1. The van der Waals surface area contributed by atoms with Crippen LogP contribution in [0.15, 0.2) is 42.5 Å².